The van der Waals surface area contributed by atoms with Crippen molar-refractivity contribution >= 4 is 11.9 Å². The highest BCUT2D eigenvalue weighted by molar-refractivity contribution is 5.80. The number of hydrogen-bond acceptors (Lipinski definition) is 2. The Morgan fingerprint density at radius 1 is 1.39 bits per heavy atom. The summed E-state index contributed by atoms with van der Waals surface area (Å²) in [6, 6.07) is 0. The van der Waals surface area contributed by atoms with Gasteiger partial charge in [0.15, 0.2) is 0 Å². The topological polar surface area (TPSA) is 57.6 Å². The van der Waals surface area contributed by atoms with Gasteiger partial charge in [-0.15, -0.1) is 0 Å². The van der Waals surface area contributed by atoms with E-state index in [1.54, 1.807) is 4.90 Å². The van der Waals surface area contributed by atoms with E-state index in [4.69, 9.17) is 0 Å². The first-order valence-electron chi connectivity index (χ1n) is 7.08. The van der Waals surface area contributed by atoms with Gasteiger partial charge in [0.2, 0.25) is 5.91 Å². The van der Waals surface area contributed by atoms with Gasteiger partial charge in [-0.05, 0) is 31.6 Å². The summed E-state index contributed by atoms with van der Waals surface area (Å²) in [6.45, 7) is 3.04. The third kappa shape index (κ3) is 2.52. The van der Waals surface area contributed by atoms with E-state index < -0.39 is 11.4 Å². The third-order valence-electron chi connectivity index (χ3n) is 4.58. The molecule has 1 aliphatic heterocycles. The largest absolute Gasteiger partial charge is 0.481 e. The predicted octanol–water partition coefficient (Wildman–Crippen LogP) is 2.28. The minimum atomic E-state index is -0.733. The summed E-state index contributed by atoms with van der Waals surface area (Å²) in [5, 5.41) is 9.40. The molecule has 0 aromatic rings. The number of aliphatic carboxylic acids is 1. The molecule has 0 aromatic heterocycles. The van der Waals surface area contributed by atoms with Crippen molar-refractivity contribution < 1.29 is 14.7 Å². The van der Waals surface area contributed by atoms with Crippen molar-refractivity contribution in [1.82, 2.24) is 4.90 Å². The van der Waals surface area contributed by atoms with Gasteiger partial charge in [0, 0.05) is 19.5 Å². The van der Waals surface area contributed by atoms with Gasteiger partial charge in [-0.3, -0.25) is 9.59 Å². The Kier molecular flexibility index (Phi) is 3.93. The maximum absolute atomic E-state index is 12.1. The van der Waals surface area contributed by atoms with Crippen molar-refractivity contribution in [2.45, 2.75) is 51.9 Å². The van der Waals surface area contributed by atoms with Crippen LogP contribution in [0.15, 0.2) is 0 Å². The molecule has 1 unspecified atom stereocenters. The van der Waals surface area contributed by atoms with Crippen LogP contribution in [0.5, 0.6) is 0 Å². The van der Waals surface area contributed by atoms with Gasteiger partial charge in [-0.2, -0.15) is 0 Å². The van der Waals surface area contributed by atoms with Gasteiger partial charge in [-0.25, -0.2) is 0 Å². The molecular weight excluding hydrogens is 230 g/mol. The van der Waals surface area contributed by atoms with E-state index in [2.05, 4.69) is 0 Å². The zero-order chi connectivity index (χ0) is 13.2. The molecule has 4 nitrogen and oxygen atoms in total. The van der Waals surface area contributed by atoms with Crippen molar-refractivity contribution in [2.24, 2.45) is 11.3 Å². The monoisotopic (exact) mass is 253 g/mol. The number of hydrogen-bond donors (Lipinski definition) is 1. The average Bonchev–Trinajstić information content (AvgIpc) is 2.69. The van der Waals surface area contributed by atoms with Crippen LogP contribution in [0, 0.1) is 11.3 Å². The lowest BCUT2D eigenvalue weighted by atomic mass is 9.82. The summed E-state index contributed by atoms with van der Waals surface area (Å²) in [4.78, 5) is 25.3. The molecule has 4 heteroatoms. The molecule has 0 radical (unpaired) electrons. The molecule has 1 amide bonds. The lowest BCUT2D eigenvalue weighted by Crippen LogP contribution is -2.37. The number of carboxylic acids is 1. The van der Waals surface area contributed by atoms with Gasteiger partial charge in [0.25, 0.3) is 0 Å². The maximum Gasteiger partial charge on any atom is 0.311 e. The second-order valence-electron chi connectivity index (χ2n) is 5.90. The summed E-state index contributed by atoms with van der Waals surface area (Å²) in [6.07, 6.45) is 6.35. The van der Waals surface area contributed by atoms with Gasteiger partial charge in [-0.1, -0.05) is 19.8 Å². The standard InChI is InChI=1S/C14H23NO3/c1-2-6-14(13(17)18)7-8-15(10-14)12(16)9-11-4-3-5-11/h11H,2-10H2,1H3,(H,17,18). The zero-order valence-electron chi connectivity index (χ0n) is 11.2. The first-order chi connectivity index (χ1) is 8.57. The molecule has 0 aromatic carbocycles. The van der Waals surface area contributed by atoms with Crippen LogP contribution in [0.2, 0.25) is 0 Å². The number of amides is 1. The molecule has 1 aliphatic carbocycles. The third-order valence-corrected chi connectivity index (χ3v) is 4.58. The highest BCUT2D eigenvalue weighted by atomic mass is 16.4. The van der Waals surface area contributed by atoms with Crippen LogP contribution in [-0.2, 0) is 9.59 Å². The number of carbonyl (C=O) groups is 2. The van der Waals surface area contributed by atoms with Crippen molar-refractivity contribution in [3.8, 4) is 0 Å². The summed E-state index contributed by atoms with van der Waals surface area (Å²) >= 11 is 0. The molecule has 0 bridgehead atoms. The van der Waals surface area contributed by atoms with E-state index in [1.165, 1.54) is 19.3 Å². The Labute approximate surface area is 108 Å². The Hall–Kier alpha value is -1.06. The molecule has 1 atom stereocenters. The molecule has 0 spiro atoms. The quantitative estimate of drug-likeness (QED) is 0.817. The van der Waals surface area contributed by atoms with E-state index in [0.717, 1.165) is 6.42 Å². The van der Waals surface area contributed by atoms with Crippen molar-refractivity contribution in [2.75, 3.05) is 13.1 Å². The molecule has 2 fully saturated rings. The zero-order valence-corrected chi connectivity index (χ0v) is 11.2. The van der Waals surface area contributed by atoms with Gasteiger partial charge in [0.1, 0.15) is 0 Å². The van der Waals surface area contributed by atoms with Gasteiger partial charge >= 0.3 is 5.97 Å². The summed E-state index contributed by atoms with van der Waals surface area (Å²) in [5.41, 5.74) is -0.677. The molecule has 102 valence electrons. The fourth-order valence-electron chi connectivity index (χ4n) is 3.12. The summed E-state index contributed by atoms with van der Waals surface area (Å²) < 4.78 is 0. The van der Waals surface area contributed by atoms with Crippen LogP contribution in [0.25, 0.3) is 0 Å². The van der Waals surface area contributed by atoms with Crippen LogP contribution >= 0.6 is 0 Å². The van der Waals surface area contributed by atoms with Crippen molar-refractivity contribution in [3.63, 3.8) is 0 Å². The fraction of sp³-hybridized carbons (Fsp3) is 0.857. The second kappa shape index (κ2) is 5.29. The smallest absolute Gasteiger partial charge is 0.311 e. The van der Waals surface area contributed by atoms with Crippen LogP contribution in [0.3, 0.4) is 0 Å². The number of nitrogens with zero attached hydrogens (tertiary/aromatic N) is 1. The number of rotatable bonds is 5. The minimum absolute atomic E-state index is 0.166. The first kappa shape index (κ1) is 13.4. The Balaban J connectivity index is 1.92. The number of likely N-dealkylation sites (tertiary alicyclic amines) is 1. The number of carboxylic acid groups (broad SMARTS) is 1. The van der Waals surface area contributed by atoms with E-state index in [1.807, 2.05) is 6.92 Å². The maximum atomic E-state index is 12.1. The molecule has 1 saturated carbocycles. The molecule has 1 saturated heterocycles. The lowest BCUT2D eigenvalue weighted by Gasteiger charge is -2.28. The fourth-order valence-corrected chi connectivity index (χ4v) is 3.12. The highest BCUT2D eigenvalue weighted by Crippen LogP contribution is 2.37. The van der Waals surface area contributed by atoms with Crippen molar-refractivity contribution in [3.05, 3.63) is 0 Å². The van der Waals surface area contributed by atoms with Crippen LogP contribution < -0.4 is 0 Å². The average molecular weight is 253 g/mol. The Morgan fingerprint density at radius 2 is 2.11 bits per heavy atom. The minimum Gasteiger partial charge on any atom is -0.481 e. The molecule has 2 rings (SSSR count). The summed E-state index contributed by atoms with van der Waals surface area (Å²) in [5.74, 6) is -0.00859. The van der Waals surface area contributed by atoms with E-state index in [-0.39, 0.29) is 5.91 Å². The highest BCUT2D eigenvalue weighted by Gasteiger charge is 2.45. The predicted molar refractivity (Wildman–Crippen MR) is 68.1 cm³/mol. The van der Waals surface area contributed by atoms with Gasteiger partial charge < -0.3 is 10.0 Å². The van der Waals surface area contributed by atoms with Crippen LogP contribution in [0.4, 0.5) is 0 Å². The van der Waals surface area contributed by atoms with Crippen molar-refractivity contribution in [1.29, 1.82) is 0 Å². The Morgan fingerprint density at radius 3 is 2.61 bits per heavy atom. The van der Waals surface area contributed by atoms with E-state index in [0.29, 0.717) is 38.3 Å². The van der Waals surface area contributed by atoms with E-state index >= 15 is 0 Å². The normalized spacial score (nSPS) is 28.2. The molecular formula is C14H23NO3. The molecule has 18 heavy (non-hydrogen) atoms. The molecule has 1 heterocycles. The summed E-state index contributed by atoms with van der Waals surface area (Å²) in [7, 11) is 0. The Bertz CT molecular complexity index is 338. The second-order valence-corrected chi connectivity index (χ2v) is 5.90. The van der Waals surface area contributed by atoms with Crippen LogP contribution in [-0.4, -0.2) is 35.0 Å². The SMILES string of the molecule is CCCC1(C(=O)O)CCN(C(=O)CC2CCC2)C1. The van der Waals surface area contributed by atoms with Crippen LogP contribution in [0.1, 0.15) is 51.9 Å². The van der Waals surface area contributed by atoms with Gasteiger partial charge in [0.05, 0.1) is 5.41 Å². The number of carbonyl (C=O) groups excluding carboxylic acids is 1. The molecule has 1 N–H and O–H groups in total. The molecule has 2 aliphatic rings. The lowest BCUT2D eigenvalue weighted by molar-refractivity contribution is -0.149. The van der Waals surface area contributed by atoms with E-state index in [9.17, 15) is 14.7 Å². The first-order valence-corrected chi connectivity index (χ1v) is 7.08.